The Labute approximate surface area is 122 Å². The molecule has 19 heavy (non-hydrogen) atoms. The first kappa shape index (κ1) is 21.0. The van der Waals surface area contributed by atoms with Crippen LogP contribution in [-0.2, 0) is 4.79 Å². The highest BCUT2D eigenvalue weighted by Crippen LogP contribution is 2.16. The highest BCUT2D eigenvalue weighted by Gasteiger charge is 2.06. The van der Waals surface area contributed by atoms with Crippen molar-refractivity contribution in [2.24, 2.45) is 11.8 Å². The number of rotatable bonds is 10. The van der Waals surface area contributed by atoms with E-state index in [1.807, 2.05) is 0 Å². The van der Waals surface area contributed by atoms with Gasteiger partial charge < -0.3 is 4.79 Å². The summed E-state index contributed by atoms with van der Waals surface area (Å²) < 4.78 is 0. The summed E-state index contributed by atoms with van der Waals surface area (Å²) in [6.07, 6.45) is 11.3. The summed E-state index contributed by atoms with van der Waals surface area (Å²) in [7, 11) is 0. The zero-order chi connectivity index (χ0) is 15.1. The zero-order valence-electron chi connectivity index (χ0n) is 14.4. The predicted molar refractivity (Wildman–Crippen MR) is 87.6 cm³/mol. The van der Waals surface area contributed by atoms with Crippen LogP contribution in [0.3, 0.4) is 0 Å². The van der Waals surface area contributed by atoms with Gasteiger partial charge in [0.1, 0.15) is 5.78 Å². The molecule has 0 saturated heterocycles. The van der Waals surface area contributed by atoms with Gasteiger partial charge in [0.2, 0.25) is 0 Å². The lowest BCUT2D eigenvalue weighted by Crippen LogP contribution is -2.03. The van der Waals surface area contributed by atoms with E-state index in [4.69, 9.17) is 0 Å². The van der Waals surface area contributed by atoms with Crippen LogP contribution < -0.4 is 0 Å². The van der Waals surface area contributed by atoms with Crippen LogP contribution >= 0.6 is 0 Å². The van der Waals surface area contributed by atoms with Crippen molar-refractivity contribution in [2.45, 2.75) is 99.3 Å². The molecule has 1 heteroatoms. The minimum atomic E-state index is 0.334. The average Bonchev–Trinajstić information content (AvgIpc) is 2.38. The lowest BCUT2D eigenvalue weighted by Gasteiger charge is -2.10. The Bertz CT molecular complexity index is 180. The molecule has 0 fully saturated rings. The monoisotopic (exact) mass is 270 g/mol. The molecule has 1 nitrogen and oxygen atoms in total. The van der Waals surface area contributed by atoms with Crippen molar-refractivity contribution < 1.29 is 4.79 Å². The van der Waals surface area contributed by atoms with E-state index >= 15 is 0 Å². The molecule has 0 amide bonds. The fraction of sp³-hybridized carbons (Fsp3) is 0.944. The Balaban J connectivity index is 0. The average molecular weight is 271 g/mol. The van der Waals surface area contributed by atoms with Gasteiger partial charge in [0.05, 0.1) is 0 Å². The van der Waals surface area contributed by atoms with Gasteiger partial charge >= 0.3 is 0 Å². The molecule has 0 saturated carbocycles. The fourth-order valence-electron chi connectivity index (χ4n) is 2.63. The first-order valence-electron chi connectivity index (χ1n) is 8.54. The quantitative estimate of drug-likeness (QED) is 0.448. The molecule has 1 atom stereocenters. The van der Waals surface area contributed by atoms with E-state index in [1.165, 1.54) is 44.9 Å². The van der Waals surface area contributed by atoms with Gasteiger partial charge in [0.25, 0.3) is 0 Å². The standard InChI is InChI=1S/C9H18O.C9H20/c1-4-6-9(5-2)7-8(3)10;1-4-7-9(6-3)8-5-2/h9H,4-7H2,1-3H3;9H,4-8H2,1-3H3. The summed E-state index contributed by atoms with van der Waals surface area (Å²) in [5.74, 6) is 1.99. The minimum Gasteiger partial charge on any atom is -0.300 e. The maximum atomic E-state index is 10.7. The van der Waals surface area contributed by atoms with E-state index in [1.54, 1.807) is 6.92 Å². The Morgan fingerprint density at radius 3 is 1.37 bits per heavy atom. The Hall–Kier alpha value is -0.330. The highest BCUT2D eigenvalue weighted by molar-refractivity contribution is 5.75. The summed E-state index contributed by atoms with van der Waals surface area (Å²) >= 11 is 0. The molecule has 0 aromatic carbocycles. The summed E-state index contributed by atoms with van der Waals surface area (Å²) in [6, 6.07) is 0. The molecule has 1 unspecified atom stereocenters. The lowest BCUT2D eigenvalue weighted by atomic mass is 9.95. The molecule has 0 aromatic heterocycles. The number of carbonyl (C=O) groups excluding carboxylic acids is 1. The van der Waals surface area contributed by atoms with Gasteiger partial charge in [-0.1, -0.05) is 86.0 Å². The molecule has 0 N–H and O–H groups in total. The van der Waals surface area contributed by atoms with Crippen molar-refractivity contribution in [1.82, 2.24) is 0 Å². The van der Waals surface area contributed by atoms with Crippen molar-refractivity contribution in [3.05, 3.63) is 0 Å². The third kappa shape index (κ3) is 15.6. The van der Waals surface area contributed by atoms with Crippen LogP contribution in [0.4, 0.5) is 0 Å². The van der Waals surface area contributed by atoms with Crippen molar-refractivity contribution in [2.75, 3.05) is 0 Å². The number of hydrogen-bond acceptors (Lipinski definition) is 1. The van der Waals surface area contributed by atoms with Crippen LogP contribution in [0.2, 0.25) is 0 Å². The second-order valence-corrected chi connectivity index (χ2v) is 5.82. The van der Waals surface area contributed by atoms with Gasteiger partial charge in [0, 0.05) is 6.42 Å². The highest BCUT2D eigenvalue weighted by atomic mass is 16.1. The SMILES string of the molecule is CCCC(CC)CC(C)=O.CCCC(CC)CCC. The van der Waals surface area contributed by atoms with Crippen LogP contribution in [0.5, 0.6) is 0 Å². The first-order valence-corrected chi connectivity index (χ1v) is 8.54. The minimum absolute atomic E-state index is 0.334. The maximum Gasteiger partial charge on any atom is 0.130 e. The van der Waals surface area contributed by atoms with Gasteiger partial charge in [-0.3, -0.25) is 0 Å². The smallest absolute Gasteiger partial charge is 0.130 e. The number of carbonyl (C=O) groups is 1. The van der Waals surface area contributed by atoms with Crippen molar-refractivity contribution >= 4 is 5.78 Å². The van der Waals surface area contributed by atoms with E-state index in [0.717, 1.165) is 18.8 Å². The molecule has 0 radical (unpaired) electrons. The van der Waals surface area contributed by atoms with Gasteiger partial charge in [0.15, 0.2) is 0 Å². The van der Waals surface area contributed by atoms with Crippen LogP contribution in [0.1, 0.15) is 99.3 Å². The molecule has 0 rings (SSSR count). The summed E-state index contributed by atoms with van der Waals surface area (Å²) in [4.78, 5) is 10.7. The van der Waals surface area contributed by atoms with Gasteiger partial charge in [-0.2, -0.15) is 0 Å². The zero-order valence-corrected chi connectivity index (χ0v) is 14.4. The Morgan fingerprint density at radius 2 is 1.11 bits per heavy atom. The van der Waals surface area contributed by atoms with E-state index in [0.29, 0.717) is 11.7 Å². The topological polar surface area (TPSA) is 17.1 Å². The van der Waals surface area contributed by atoms with Crippen LogP contribution in [0, 0.1) is 11.8 Å². The van der Waals surface area contributed by atoms with E-state index < -0.39 is 0 Å². The van der Waals surface area contributed by atoms with Crippen LogP contribution in [0.15, 0.2) is 0 Å². The van der Waals surface area contributed by atoms with Crippen LogP contribution in [-0.4, -0.2) is 5.78 Å². The van der Waals surface area contributed by atoms with Gasteiger partial charge in [-0.15, -0.1) is 0 Å². The molecule has 0 aliphatic heterocycles. The molecular weight excluding hydrogens is 232 g/mol. The largest absolute Gasteiger partial charge is 0.300 e. The molecule has 0 spiro atoms. The maximum absolute atomic E-state index is 10.7. The van der Waals surface area contributed by atoms with Crippen molar-refractivity contribution in [3.8, 4) is 0 Å². The lowest BCUT2D eigenvalue weighted by molar-refractivity contribution is -0.117. The fourth-order valence-corrected chi connectivity index (χ4v) is 2.63. The normalized spacial score (nSPS) is 11.9. The van der Waals surface area contributed by atoms with Crippen molar-refractivity contribution in [1.29, 1.82) is 0 Å². The third-order valence-corrected chi connectivity index (χ3v) is 3.82. The molecule has 0 aliphatic carbocycles. The van der Waals surface area contributed by atoms with E-state index in [-0.39, 0.29) is 0 Å². The molecule has 0 heterocycles. The first-order chi connectivity index (χ1) is 9.05. The molecular formula is C18H38O. The molecule has 0 aliphatic rings. The predicted octanol–water partition coefficient (Wildman–Crippen LogP) is 6.40. The second-order valence-electron chi connectivity index (χ2n) is 5.82. The number of ketones is 1. The number of Topliss-reactive ketones (excluding diaryl/α,β-unsaturated/α-hetero) is 1. The van der Waals surface area contributed by atoms with Crippen molar-refractivity contribution in [3.63, 3.8) is 0 Å². The van der Waals surface area contributed by atoms with Gasteiger partial charge in [-0.25, -0.2) is 0 Å². The molecule has 116 valence electrons. The van der Waals surface area contributed by atoms with Crippen LogP contribution in [0.25, 0.3) is 0 Å². The third-order valence-electron chi connectivity index (χ3n) is 3.82. The second kappa shape index (κ2) is 15.7. The number of hydrogen-bond donors (Lipinski definition) is 0. The molecule has 0 bridgehead atoms. The molecule has 0 aromatic rings. The van der Waals surface area contributed by atoms with E-state index in [9.17, 15) is 4.79 Å². The Kier molecular flexibility index (Phi) is 17.4. The summed E-state index contributed by atoms with van der Waals surface area (Å²) in [5.41, 5.74) is 0. The van der Waals surface area contributed by atoms with Gasteiger partial charge in [-0.05, 0) is 18.8 Å². The van der Waals surface area contributed by atoms with E-state index in [2.05, 4.69) is 34.6 Å². The Morgan fingerprint density at radius 1 is 0.737 bits per heavy atom. The summed E-state index contributed by atoms with van der Waals surface area (Å²) in [6.45, 7) is 12.9. The summed E-state index contributed by atoms with van der Waals surface area (Å²) in [5, 5.41) is 0.